The second-order valence-corrected chi connectivity index (χ2v) is 5.44. The van der Waals surface area contributed by atoms with Gasteiger partial charge >= 0.3 is 6.18 Å². The van der Waals surface area contributed by atoms with Gasteiger partial charge in [0.15, 0.2) is 5.69 Å². The summed E-state index contributed by atoms with van der Waals surface area (Å²) in [4.78, 5) is 9.53. The molecule has 21 heavy (non-hydrogen) atoms. The number of nitrogens with one attached hydrogen (secondary N) is 1. The molecule has 1 heterocycles. The van der Waals surface area contributed by atoms with Gasteiger partial charge in [-0.3, -0.25) is 0 Å². The third-order valence-corrected chi connectivity index (χ3v) is 3.96. The fraction of sp³-hybridized carbons (Fsp3) is 0.714. The average molecular weight is 302 g/mol. The van der Waals surface area contributed by atoms with Crippen molar-refractivity contribution in [2.75, 3.05) is 24.3 Å². The third kappa shape index (κ3) is 3.98. The minimum Gasteiger partial charge on any atom is -0.357 e. The number of hydrogen-bond acceptors (Lipinski definition) is 4. The van der Waals surface area contributed by atoms with Crippen LogP contribution in [-0.2, 0) is 6.18 Å². The summed E-state index contributed by atoms with van der Waals surface area (Å²) in [5.41, 5.74) is -0.905. The molecule has 1 fully saturated rings. The van der Waals surface area contributed by atoms with Crippen LogP contribution in [0.1, 0.15) is 44.2 Å². The van der Waals surface area contributed by atoms with E-state index in [1.54, 1.807) is 0 Å². The predicted octanol–water partition coefficient (Wildman–Crippen LogP) is 3.70. The maximum atomic E-state index is 12.9. The van der Waals surface area contributed by atoms with Gasteiger partial charge in [-0.2, -0.15) is 18.2 Å². The highest BCUT2D eigenvalue weighted by molar-refractivity contribution is 5.45. The zero-order valence-electron chi connectivity index (χ0n) is 12.4. The van der Waals surface area contributed by atoms with E-state index < -0.39 is 11.9 Å². The molecule has 1 aromatic rings. The number of hydrogen-bond donors (Lipinski definition) is 1. The normalized spacial score (nSPS) is 17.4. The van der Waals surface area contributed by atoms with Crippen LogP contribution in [0.2, 0.25) is 0 Å². The van der Waals surface area contributed by atoms with Gasteiger partial charge in [0.05, 0.1) is 0 Å². The van der Waals surface area contributed by atoms with Crippen molar-refractivity contribution in [1.29, 1.82) is 0 Å². The van der Waals surface area contributed by atoms with Crippen molar-refractivity contribution >= 4 is 11.8 Å². The molecule has 0 aliphatic heterocycles. The minimum absolute atomic E-state index is 0.000275. The van der Waals surface area contributed by atoms with E-state index in [1.165, 1.54) is 19.9 Å². The van der Waals surface area contributed by atoms with Crippen LogP contribution in [0.5, 0.6) is 0 Å². The highest BCUT2D eigenvalue weighted by Crippen LogP contribution is 2.32. The summed E-state index contributed by atoms with van der Waals surface area (Å²) >= 11 is 0. The molecule has 2 rings (SSSR count). The standard InChI is InChI=1S/C14H21F3N4/c1-18-13-19-11(14(15,16)17)9-12(20-13)21(2)10-7-5-3-4-6-8-10/h9-10H,3-8H2,1-2H3,(H,18,19,20). The van der Waals surface area contributed by atoms with Crippen LogP contribution in [0.25, 0.3) is 0 Å². The molecule has 1 saturated carbocycles. The fourth-order valence-corrected chi connectivity index (χ4v) is 2.70. The molecule has 1 aromatic heterocycles. The van der Waals surface area contributed by atoms with E-state index in [4.69, 9.17) is 0 Å². The third-order valence-electron chi connectivity index (χ3n) is 3.96. The van der Waals surface area contributed by atoms with E-state index in [9.17, 15) is 13.2 Å². The molecule has 0 atom stereocenters. The summed E-state index contributed by atoms with van der Waals surface area (Å²) in [6.45, 7) is 0. The zero-order chi connectivity index (χ0) is 15.5. The van der Waals surface area contributed by atoms with Crippen molar-refractivity contribution in [3.8, 4) is 0 Å². The lowest BCUT2D eigenvalue weighted by atomic mass is 10.1. The fourth-order valence-electron chi connectivity index (χ4n) is 2.70. The lowest BCUT2D eigenvalue weighted by Gasteiger charge is -2.28. The average Bonchev–Trinajstić information content (AvgIpc) is 2.74. The maximum Gasteiger partial charge on any atom is 0.433 e. The molecule has 0 unspecified atom stereocenters. The van der Waals surface area contributed by atoms with Crippen molar-refractivity contribution in [1.82, 2.24) is 9.97 Å². The Bertz CT molecular complexity index is 468. The molecule has 0 amide bonds. The predicted molar refractivity (Wildman–Crippen MR) is 76.5 cm³/mol. The number of aromatic nitrogens is 2. The van der Waals surface area contributed by atoms with E-state index in [-0.39, 0.29) is 12.0 Å². The van der Waals surface area contributed by atoms with Crippen LogP contribution in [0.3, 0.4) is 0 Å². The Morgan fingerprint density at radius 1 is 1.14 bits per heavy atom. The number of anilines is 2. The first-order chi connectivity index (χ1) is 9.91. The van der Waals surface area contributed by atoms with Crippen LogP contribution >= 0.6 is 0 Å². The first-order valence-corrected chi connectivity index (χ1v) is 7.28. The van der Waals surface area contributed by atoms with Gasteiger partial charge in [-0.05, 0) is 12.8 Å². The number of rotatable bonds is 3. The van der Waals surface area contributed by atoms with Crippen molar-refractivity contribution in [3.63, 3.8) is 0 Å². The summed E-state index contributed by atoms with van der Waals surface area (Å²) in [7, 11) is 3.34. The molecule has 4 nitrogen and oxygen atoms in total. The van der Waals surface area contributed by atoms with E-state index in [0.717, 1.165) is 31.7 Å². The van der Waals surface area contributed by atoms with Gasteiger partial charge in [0.1, 0.15) is 5.82 Å². The topological polar surface area (TPSA) is 41.1 Å². The van der Waals surface area contributed by atoms with E-state index in [1.807, 2.05) is 11.9 Å². The molecule has 1 aliphatic rings. The summed E-state index contributed by atoms with van der Waals surface area (Å²) < 4.78 is 38.8. The Morgan fingerprint density at radius 3 is 2.29 bits per heavy atom. The summed E-state index contributed by atoms with van der Waals surface area (Å²) in [6.07, 6.45) is 2.16. The van der Waals surface area contributed by atoms with Crippen LogP contribution in [0.4, 0.5) is 24.9 Å². The smallest absolute Gasteiger partial charge is 0.357 e. The van der Waals surface area contributed by atoms with Gasteiger partial charge in [0, 0.05) is 26.2 Å². The van der Waals surface area contributed by atoms with Crippen molar-refractivity contribution in [2.24, 2.45) is 0 Å². The summed E-state index contributed by atoms with van der Waals surface area (Å²) in [5.74, 6) is 0.328. The van der Waals surface area contributed by atoms with E-state index in [2.05, 4.69) is 15.3 Å². The Labute approximate surface area is 122 Å². The SMILES string of the molecule is CNc1nc(N(C)C2CCCCCC2)cc(C(F)(F)F)n1. The van der Waals surface area contributed by atoms with Crippen molar-refractivity contribution in [2.45, 2.75) is 50.7 Å². The molecule has 7 heteroatoms. The van der Waals surface area contributed by atoms with Gasteiger partial charge in [-0.1, -0.05) is 25.7 Å². The molecule has 1 aliphatic carbocycles. The zero-order valence-corrected chi connectivity index (χ0v) is 12.4. The molecule has 0 spiro atoms. The quantitative estimate of drug-likeness (QED) is 0.865. The Kier molecular flexibility index (Phi) is 4.90. The van der Waals surface area contributed by atoms with Crippen LogP contribution in [0, 0.1) is 0 Å². The molecular formula is C14H21F3N4. The van der Waals surface area contributed by atoms with Crippen molar-refractivity contribution < 1.29 is 13.2 Å². The number of alkyl halides is 3. The molecule has 0 aromatic carbocycles. The van der Waals surface area contributed by atoms with E-state index >= 15 is 0 Å². The van der Waals surface area contributed by atoms with Gasteiger partial charge in [-0.15, -0.1) is 0 Å². The monoisotopic (exact) mass is 302 g/mol. The first-order valence-electron chi connectivity index (χ1n) is 7.28. The summed E-state index contributed by atoms with van der Waals surface area (Å²) in [5, 5.41) is 2.60. The molecular weight excluding hydrogens is 281 g/mol. The van der Waals surface area contributed by atoms with E-state index in [0.29, 0.717) is 5.82 Å². The Morgan fingerprint density at radius 2 is 1.76 bits per heavy atom. The highest BCUT2D eigenvalue weighted by atomic mass is 19.4. The van der Waals surface area contributed by atoms with Crippen molar-refractivity contribution in [3.05, 3.63) is 11.8 Å². The second-order valence-electron chi connectivity index (χ2n) is 5.44. The Hall–Kier alpha value is -1.53. The first kappa shape index (κ1) is 15.9. The lowest BCUT2D eigenvalue weighted by Crippen LogP contribution is -2.32. The van der Waals surface area contributed by atoms with Crippen LogP contribution in [0.15, 0.2) is 6.07 Å². The van der Waals surface area contributed by atoms with Gasteiger partial charge in [0.25, 0.3) is 0 Å². The molecule has 118 valence electrons. The van der Waals surface area contributed by atoms with Gasteiger partial charge in [-0.25, -0.2) is 4.98 Å². The van der Waals surface area contributed by atoms with Gasteiger partial charge < -0.3 is 10.2 Å². The molecule has 0 radical (unpaired) electrons. The molecule has 0 saturated heterocycles. The van der Waals surface area contributed by atoms with Gasteiger partial charge in [0.2, 0.25) is 5.95 Å². The van der Waals surface area contributed by atoms with Crippen LogP contribution < -0.4 is 10.2 Å². The molecule has 1 N–H and O–H groups in total. The number of halogens is 3. The second kappa shape index (κ2) is 6.49. The Balaban J connectivity index is 2.28. The number of nitrogens with zero attached hydrogens (tertiary/aromatic N) is 3. The minimum atomic E-state index is -4.46. The highest BCUT2D eigenvalue weighted by Gasteiger charge is 2.34. The molecule has 0 bridgehead atoms. The lowest BCUT2D eigenvalue weighted by molar-refractivity contribution is -0.141. The maximum absolute atomic E-state index is 12.9. The summed E-state index contributed by atoms with van der Waals surface area (Å²) in [6, 6.07) is 1.28. The van der Waals surface area contributed by atoms with Crippen LogP contribution in [-0.4, -0.2) is 30.1 Å². The largest absolute Gasteiger partial charge is 0.433 e.